The zero-order valence-corrected chi connectivity index (χ0v) is 10.9. The fourth-order valence-electron chi connectivity index (χ4n) is 1.75. The fraction of sp³-hybridized carbons (Fsp3) is 0.500. The molecule has 0 spiro atoms. The molecule has 0 saturated heterocycles. The minimum absolute atomic E-state index is 0.264. The Morgan fingerprint density at radius 1 is 1.41 bits per heavy atom. The minimum Gasteiger partial charge on any atom is -0.491 e. The Kier molecular flexibility index (Phi) is 4.99. The van der Waals surface area contributed by atoms with Gasteiger partial charge in [0.05, 0.1) is 6.07 Å². The SMILES string of the molecule is CNC(C#N)COc1ccc(C(C)C)c(C)c1. The van der Waals surface area contributed by atoms with Crippen molar-refractivity contribution in [3.63, 3.8) is 0 Å². The summed E-state index contributed by atoms with van der Waals surface area (Å²) in [5, 5.41) is 11.7. The van der Waals surface area contributed by atoms with Crippen molar-refractivity contribution < 1.29 is 4.74 Å². The summed E-state index contributed by atoms with van der Waals surface area (Å²) in [6.45, 7) is 6.81. The van der Waals surface area contributed by atoms with Gasteiger partial charge in [0, 0.05) is 0 Å². The number of nitriles is 1. The maximum absolute atomic E-state index is 8.78. The molecule has 0 aromatic heterocycles. The van der Waals surface area contributed by atoms with Gasteiger partial charge in [0.25, 0.3) is 0 Å². The van der Waals surface area contributed by atoms with Crippen molar-refractivity contribution in [3.05, 3.63) is 29.3 Å². The molecule has 3 nitrogen and oxygen atoms in total. The summed E-state index contributed by atoms with van der Waals surface area (Å²) in [4.78, 5) is 0. The normalized spacial score (nSPS) is 12.2. The highest BCUT2D eigenvalue weighted by molar-refractivity contribution is 5.36. The second-order valence-corrected chi connectivity index (χ2v) is 4.45. The van der Waals surface area contributed by atoms with E-state index in [1.54, 1.807) is 7.05 Å². The van der Waals surface area contributed by atoms with Crippen molar-refractivity contribution in [2.45, 2.75) is 32.7 Å². The molecule has 0 radical (unpaired) electrons. The lowest BCUT2D eigenvalue weighted by Crippen LogP contribution is -2.29. The van der Waals surface area contributed by atoms with E-state index in [2.05, 4.69) is 38.2 Å². The van der Waals surface area contributed by atoms with Gasteiger partial charge in [-0.05, 0) is 43.1 Å². The van der Waals surface area contributed by atoms with Gasteiger partial charge in [-0.2, -0.15) is 5.26 Å². The number of aryl methyl sites for hydroxylation is 1. The van der Waals surface area contributed by atoms with E-state index in [1.807, 2.05) is 12.1 Å². The Morgan fingerprint density at radius 3 is 2.59 bits per heavy atom. The molecule has 1 unspecified atom stereocenters. The third-order valence-corrected chi connectivity index (χ3v) is 2.78. The van der Waals surface area contributed by atoms with Gasteiger partial charge in [-0.3, -0.25) is 0 Å². The predicted octanol–water partition coefficient (Wildman–Crippen LogP) is 2.61. The van der Waals surface area contributed by atoms with E-state index in [9.17, 15) is 0 Å². The largest absolute Gasteiger partial charge is 0.491 e. The zero-order chi connectivity index (χ0) is 12.8. The van der Waals surface area contributed by atoms with E-state index in [0.29, 0.717) is 12.5 Å². The van der Waals surface area contributed by atoms with E-state index in [4.69, 9.17) is 10.00 Å². The standard InChI is InChI=1S/C14H20N2O/c1-10(2)14-6-5-13(7-11(14)3)17-9-12(8-15)16-4/h5-7,10,12,16H,9H2,1-4H3. The lowest BCUT2D eigenvalue weighted by atomic mass is 9.98. The molecular formula is C14H20N2O. The van der Waals surface area contributed by atoms with Crippen LogP contribution in [0.2, 0.25) is 0 Å². The van der Waals surface area contributed by atoms with Gasteiger partial charge in [0.15, 0.2) is 0 Å². The predicted molar refractivity (Wildman–Crippen MR) is 69.2 cm³/mol. The number of rotatable bonds is 5. The molecule has 1 atom stereocenters. The van der Waals surface area contributed by atoms with Crippen LogP contribution in [0.15, 0.2) is 18.2 Å². The Bertz CT molecular complexity index is 407. The molecule has 0 heterocycles. The van der Waals surface area contributed by atoms with Crippen LogP contribution in [0.3, 0.4) is 0 Å². The summed E-state index contributed by atoms with van der Waals surface area (Å²) in [7, 11) is 1.75. The molecular weight excluding hydrogens is 212 g/mol. The van der Waals surface area contributed by atoms with Gasteiger partial charge in [-0.25, -0.2) is 0 Å². The molecule has 3 heteroatoms. The lowest BCUT2D eigenvalue weighted by molar-refractivity contribution is 0.294. The van der Waals surface area contributed by atoms with Crippen LogP contribution in [0.5, 0.6) is 5.75 Å². The van der Waals surface area contributed by atoms with Crippen LogP contribution < -0.4 is 10.1 Å². The van der Waals surface area contributed by atoms with Crippen molar-refractivity contribution in [2.24, 2.45) is 0 Å². The van der Waals surface area contributed by atoms with Gasteiger partial charge in [-0.15, -0.1) is 0 Å². The Labute approximate surface area is 103 Å². The number of nitrogens with one attached hydrogen (secondary N) is 1. The van der Waals surface area contributed by atoms with Crippen molar-refractivity contribution in [2.75, 3.05) is 13.7 Å². The summed E-state index contributed by atoms with van der Waals surface area (Å²) in [5.74, 6) is 1.34. The van der Waals surface area contributed by atoms with Crippen LogP contribution in [0.25, 0.3) is 0 Å². The van der Waals surface area contributed by atoms with Gasteiger partial charge >= 0.3 is 0 Å². The van der Waals surface area contributed by atoms with Crippen LogP contribution >= 0.6 is 0 Å². The molecule has 0 aliphatic heterocycles. The molecule has 1 aromatic rings. The first-order valence-electron chi connectivity index (χ1n) is 5.88. The number of ether oxygens (including phenoxy) is 1. The molecule has 0 bridgehead atoms. The first-order valence-corrected chi connectivity index (χ1v) is 5.88. The van der Waals surface area contributed by atoms with E-state index >= 15 is 0 Å². The smallest absolute Gasteiger partial charge is 0.129 e. The monoisotopic (exact) mass is 232 g/mol. The second-order valence-electron chi connectivity index (χ2n) is 4.45. The van der Waals surface area contributed by atoms with E-state index in [0.717, 1.165) is 5.75 Å². The van der Waals surface area contributed by atoms with E-state index < -0.39 is 0 Å². The van der Waals surface area contributed by atoms with E-state index in [1.165, 1.54) is 11.1 Å². The Balaban J connectivity index is 2.68. The highest BCUT2D eigenvalue weighted by Crippen LogP contribution is 2.23. The Hall–Kier alpha value is -1.53. The van der Waals surface area contributed by atoms with Gasteiger partial charge in [0.2, 0.25) is 0 Å². The van der Waals surface area contributed by atoms with Gasteiger partial charge in [-0.1, -0.05) is 19.9 Å². The maximum Gasteiger partial charge on any atom is 0.129 e. The summed E-state index contributed by atoms with van der Waals surface area (Å²) >= 11 is 0. The van der Waals surface area contributed by atoms with Gasteiger partial charge in [0.1, 0.15) is 18.4 Å². The van der Waals surface area contributed by atoms with E-state index in [-0.39, 0.29) is 6.04 Å². The third-order valence-electron chi connectivity index (χ3n) is 2.78. The number of nitrogens with zero attached hydrogens (tertiary/aromatic N) is 1. The van der Waals surface area contributed by atoms with Gasteiger partial charge < -0.3 is 10.1 Å². The quantitative estimate of drug-likeness (QED) is 0.848. The average Bonchev–Trinajstić information content (AvgIpc) is 2.30. The number of likely N-dealkylation sites (N-methyl/N-ethyl adjacent to an activating group) is 1. The lowest BCUT2D eigenvalue weighted by Gasteiger charge is -2.14. The van der Waals surface area contributed by atoms with Crippen LogP contribution in [0.4, 0.5) is 0 Å². The third kappa shape index (κ3) is 3.76. The fourth-order valence-corrected chi connectivity index (χ4v) is 1.75. The maximum atomic E-state index is 8.78. The molecule has 0 aliphatic rings. The molecule has 0 fully saturated rings. The molecule has 1 rings (SSSR count). The first kappa shape index (κ1) is 13.5. The van der Waals surface area contributed by atoms with Crippen molar-refractivity contribution in [1.82, 2.24) is 5.32 Å². The highest BCUT2D eigenvalue weighted by Gasteiger charge is 2.07. The average molecular weight is 232 g/mol. The molecule has 1 aromatic carbocycles. The summed E-state index contributed by atoms with van der Waals surface area (Å²) < 4.78 is 5.58. The van der Waals surface area contributed by atoms with Crippen molar-refractivity contribution in [3.8, 4) is 11.8 Å². The molecule has 1 N–H and O–H groups in total. The second kappa shape index (κ2) is 6.27. The number of hydrogen-bond acceptors (Lipinski definition) is 3. The first-order chi connectivity index (χ1) is 8.08. The minimum atomic E-state index is -0.264. The summed E-state index contributed by atoms with van der Waals surface area (Å²) in [5.41, 5.74) is 2.57. The molecule has 0 saturated carbocycles. The zero-order valence-electron chi connectivity index (χ0n) is 10.9. The highest BCUT2D eigenvalue weighted by atomic mass is 16.5. The van der Waals surface area contributed by atoms with Crippen LogP contribution in [0, 0.1) is 18.3 Å². The van der Waals surface area contributed by atoms with Crippen LogP contribution in [0.1, 0.15) is 30.9 Å². The van der Waals surface area contributed by atoms with Crippen LogP contribution in [-0.4, -0.2) is 19.7 Å². The number of benzene rings is 1. The molecule has 92 valence electrons. The molecule has 0 amide bonds. The van der Waals surface area contributed by atoms with Crippen molar-refractivity contribution in [1.29, 1.82) is 5.26 Å². The number of hydrogen-bond donors (Lipinski definition) is 1. The summed E-state index contributed by atoms with van der Waals surface area (Å²) in [6, 6.07) is 7.95. The van der Waals surface area contributed by atoms with Crippen molar-refractivity contribution >= 4 is 0 Å². The molecule has 17 heavy (non-hydrogen) atoms. The topological polar surface area (TPSA) is 45.0 Å². The molecule has 0 aliphatic carbocycles. The van der Waals surface area contributed by atoms with Crippen LogP contribution in [-0.2, 0) is 0 Å². The Morgan fingerprint density at radius 2 is 2.12 bits per heavy atom. The summed E-state index contributed by atoms with van der Waals surface area (Å²) in [6.07, 6.45) is 0.